The van der Waals surface area contributed by atoms with Crippen LogP contribution in [0.25, 0.3) is 0 Å². The lowest BCUT2D eigenvalue weighted by Gasteiger charge is -2.11. The molecule has 3 aromatic carbocycles. The summed E-state index contributed by atoms with van der Waals surface area (Å²) in [6, 6.07) is 23.2. The van der Waals surface area contributed by atoms with Gasteiger partial charge in [-0.1, -0.05) is 30.3 Å². The highest BCUT2D eigenvalue weighted by molar-refractivity contribution is 5.89. The second-order valence-electron chi connectivity index (χ2n) is 5.85. The first kappa shape index (κ1) is 18.8. The minimum atomic E-state index is -0.325. The first-order chi connectivity index (χ1) is 13.7. The highest BCUT2D eigenvalue weighted by Gasteiger charge is 2.07. The third-order valence-electron chi connectivity index (χ3n) is 3.98. The number of nitrogens with zero attached hydrogens (tertiary/aromatic N) is 1. The lowest BCUT2D eigenvalue weighted by Crippen LogP contribution is -2.28. The van der Waals surface area contributed by atoms with Gasteiger partial charge in [0.15, 0.2) is 0 Å². The van der Waals surface area contributed by atoms with Crippen LogP contribution in [0.1, 0.15) is 11.1 Å². The molecule has 0 heterocycles. The molecule has 3 aromatic rings. The molecule has 3 rings (SSSR count). The summed E-state index contributed by atoms with van der Waals surface area (Å²) in [5.41, 5.74) is 1.97. The number of rotatable bonds is 6. The average Bonchev–Trinajstić information content (AvgIpc) is 2.74. The Kier molecular flexibility index (Phi) is 6.11. The number of benzene rings is 3. The van der Waals surface area contributed by atoms with Crippen molar-refractivity contribution in [3.63, 3.8) is 0 Å². The van der Waals surface area contributed by atoms with E-state index in [1.807, 2.05) is 24.3 Å². The zero-order chi connectivity index (χ0) is 19.8. The first-order valence-corrected chi connectivity index (χ1v) is 8.63. The number of ether oxygens (including phenoxy) is 2. The van der Waals surface area contributed by atoms with Crippen molar-refractivity contribution in [2.45, 2.75) is 6.54 Å². The van der Waals surface area contributed by atoms with E-state index in [2.05, 4.69) is 16.7 Å². The van der Waals surface area contributed by atoms with Gasteiger partial charge in [-0.25, -0.2) is 4.79 Å². The van der Waals surface area contributed by atoms with Gasteiger partial charge < -0.3 is 20.1 Å². The molecule has 0 fully saturated rings. The van der Waals surface area contributed by atoms with E-state index in [0.717, 1.165) is 11.3 Å². The van der Waals surface area contributed by atoms with E-state index in [9.17, 15) is 4.79 Å². The third kappa shape index (κ3) is 4.80. The summed E-state index contributed by atoms with van der Waals surface area (Å²) in [6.07, 6.45) is 0. The van der Waals surface area contributed by atoms with E-state index in [0.29, 0.717) is 29.3 Å². The molecule has 6 heteroatoms. The van der Waals surface area contributed by atoms with Gasteiger partial charge in [-0.2, -0.15) is 5.26 Å². The van der Waals surface area contributed by atoms with E-state index >= 15 is 0 Å². The Morgan fingerprint density at radius 3 is 2.36 bits per heavy atom. The van der Waals surface area contributed by atoms with Crippen LogP contribution in [-0.4, -0.2) is 13.1 Å². The van der Waals surface area contributed by atoms with E-state index in [4.69, 9.17) is 14.7 Å². The highest BCUT2D eigenvalue weighted by Crippen LogP contribution is 2.25. The molecule has 0 bridgehead atoms. The van der Waals surface area contributed by atoms with Gasteiger partial charge in [-0.05, 0) is 42.5 Å². The SMILES string of the molecule is COc1ccccc1CNC(=O)Nc1ccc(Oc2ccccc2C#N)cc1. The molecule has 0 aliphatic carbocycles. The summed E-state index contributed by atoms with van der Waals surface area (Å²) < 4.78 is 11.0. The van der Waals surface area contributed by atoms with Crippen molar-refractivity contribution in [3.05, 3.63) is 83.9 Å². The monoisotopic (exact) mass is 373 g/mol. The molecule has 28 heavy (non-hydrogen) atoms. The smallest absolute Gasteiger partial charge is 0.319 e. The number of anilines is 1. The number of para-hydroxylation sites is 2. The van der Waals surface area contributed by atoms with Crippen molar-refractivity contribution < 1.29 is 14.3 Å². The summed E-state index contributed by atoms with van der Waals surface area (Å²) in [5.74, 6) is 1.78. The molecule has 0 radical (unpaired) electrons. The maximum Gasteiger partial charge on any atom is 0.319 e. The Hall–Kier alpha value is -3.98. The molecule has 0 atom stereocenters. The molecule has 0 unspecified atom stereocenters. The number of urea groups is 1. The number of carbonyl (C=O) groups excluding carboxylic acids is 1. The fourth-order valence-corrected chi connectivity index (χ4v) is 2.58. The van der Waals surface area contributed by atoms with Gasteiger partial charge in [0.25, 0.3) is 0 Å². The topological polar surface area (TPSA) is 83.4 Å². The first-order valence-electron chi connectivity index (χ1n) is 8.63. The quantitative estimate of drug-likeness (QED) is 0.657. The number of hydrogen-bond donors (Lipinski definition) is 2. The molecule has 0 aromatic heterocycles. The lowest BCUT2D eigenvalue weighted by molar-refractivity contribution is 0.251. The molecule has 0 aliphatic heterocycles. The second kappa shape index (κ2) is 9.10. The van der Waals surface area contributed by atoms with Crippen LogP contribution in [0.2, 0.25) is 0 Å². The Morgan fingerprint density at radius 1 is 0.964 bits per heavy atom. The van der Waals surface area contributed by atoms with Crippen molar-refractivity contribution in [1.82, 2.24) is 5.32 Å². The summed E-state index contributed by atoms with van der Waals surface area (Å²) in [7, 11) is 1.59. The minimum Gasteiger partial charge on any atom is -0.496 e. The van der Waals surface area contributed by atoms with E-state index in [1.165, 1.54) is 0 Å². The number of amides is 2. The Labute approximate surface area is 163 Å². The van der Waals surface area contributed by atoms with Gasteiger partial charge in [0.1, 0.15) is 23.3 Å². The maximum atomic E-state index is 12.1. The van der Waals surface area contributed by atoms with Crippen LogP contribution >= 0.6 is 0 Å². The number of methoxy groups -OCH3 is 1. The van der Waals surface area contributed by atoms with Crippen LogP contribution in [0.15, 0.2) is 72.8 Å². The van der Waals surface area contributed by atoms with Crippen LogP contribution in [0.3, 0.4) is 0 Å². The zero-order valence-electron chi connectivity index (χ0n) is 15.3. The lowest BCUT2D eigenvalue weighted by atomic mass is 10.2. The predicted octanol–water partition coefficient (Wildman–Crippen LogP) is 4.68. The summed E-state index contributed by atoms with van der Waals surface area (Å²) in [5, 5.41) is 14.7. The van der Waals surface area contributed by atoms with Gasteiger partial charge in [0.2, 0.25) is 0 Å². The molecular formula is C22H19N3O3. The molecule has 0 saturated carbocycles. The van der Waals surface area contributed by atoms with E-state index in [-0.39, 0.29) is 6.03 Å². The zero-order valence-corrected chi connectivity index (χ0v) is 15.3. The van der Waals surface area contributed by atoms with Crippen LogP contribution in [0, 0.1) is 11.3 Å². The van der Waals surface area contributed by atoms with E-state index < -0.39 is 0 Å². The van der Waals surface area contributed by atoms with Crippen molar-refractivity contribution in [3.8, 4) is 23.3 Å². The van der Waals surface area contributed by atoms with Crippen LogP contribution in [0.4, 0.5) is 10.5 Å². The van der Waals surface area contributed by atoms with Crippen LogP contribution < -0.4 is 20.1 Å². The van der Waals surface area contributed by atoms with Gasteiger partial charge in [0.05, 0.1) is 12.7 Å². The van der Waals surface area contributed by atoms with Gasteiger partial charge in [-0.15, -0.1) is 0 Å². The van der Waals surface area contributed by atoms with E-state index in [1.54, 1.807) is 55.6 Å². The van der Waals surface area contributed by atoms with Crippen LogP contribution in [-0.2, 0) is 6.54 Å². The molecule has 140 valence electrons. The third-order valence-corrected chi connectivity index (χ3v) is 3.98. The van der Waals surface area contributed by atoms with Gasteiger partial charge in [-0.3, -0.25) is 0 Å². The largest absolute Gasteiger partial charge is 0.496 e. The summed E-state index contributed by atoms with van der Waals surface area (Å²) in [6.45, 7) is 0.349. The number of hydrogen-bond acceptors (Lipinski definition) is 4. The maximum absolute atomic E-state index is 12.1. The molecular weight excluding hydrogens is 354 g/mol. The molecule has 6 nitrogen and oxygen atoms in total. The summed E-state index contributed by atoms with van der Waals surface area (Å²) >= 11 is 0. The normalized spacial score (nSPS) is 9.86. The number of nitriles is 1. The Bertz CT molecular complexity index is 994. The van der Waals surface area contributed by atoms with Crippen molar-refractivity contribution in [1.29, 1.82) is 5.26 Å². The van der Waals surface area contributed by atoms with Crippen molar-refractivity contribution >= 4 is 11.7 Å². The Morgan fingerprint density at radius 2 is 1.64 bits per heavy atom. The van der Waals surface area contributed by atoms with Crippen molar-refractivity contribution in [2.24, 2.45) is 0 Å². The average molecular weight is 373 g/mol. The number of carbonyl (C=O) groups is 1. The molecule has 0 aliphatic rings. The van der Waals surface area contributed by atoms with Gasteiger partial charge >= 0.3 is 6.03 Å². The Balaban J connectivity index is 1.56. The fraction of sp³-hybridized carbons (Fsp3) is 0.0909. The highest BCUT2D eigenvalue weighted by atomic mass is 16.5. The molecule has 2 N–H and O–H groups in total. The van der Waals surface area contributed by atoms with Crippen LogP contribution in [0.5, 0.6) is 17.2 Å². The summed E-state index contributed by atoms with van der Waals surface area (Å²) in [4.78, 5) is 12.1. The predicted molar refractivity (Wildman–Crippen MR) is 107 cm³/mol. The number of nitrogens with one attached hydrogen (secondary N) is 2. The standard InChI is InChI=1S/C22H19N3O3/c1-27-20-8-4-3-7-17(20)15-24-22(26)25-18-10-12-19(13-11-18)28-21-9-5-2-6-16(21)14-23/h2-13H,15H2,1H3,(H2,24,25,26). The van der Waals surface area contributed by atoms with Gasteiger partial charge in [0, 0.05) is 17.8 Å². The second-order valence-corrected chi connectivity index (χ2v) is 5.85. The minimum absolute atomic E-state index is 0.325. The fourth-order valence-electron chi connectivity index (χ4n) is 2.58. The van der Waals surface area contributed by atoms with Crippen molar-refractivity contribution in [2.75, 3.05) is 12.4 Å². The molecule has 2 amide bonds. The molecule has 0 spiro atoms. The molecule has 0 saturated heterocycles.